The van der Waals surface area contributed by atoms with Crippen LogP contribution in [0.3, 0.4) is 0 Å². The Morgan fingerprint density at radius 3 is 2.89 bits per heavy atom. The zero-order chi connectivity index (χ0) is 13.0. The molecule has 0 atom stereocenters. The van der Waals surface area contributed by atoms with E-state index in [1.165, 1.54) is 0 Å². The summed E-state index contributed by atoms with van der Waals surface area (Å²) in [7, 11) is 3.96. The molecule has 1 aromatic heterocycles. The number of fused-ring (bicyclic) bond motifs is 1. The van der Waals surface area contributed by atoms with Gasteiger partial charge < -0.3 is 15.2 Å². The number of likely N-dealkylation sites (N-methyl/N-ethyl adjacent to an activating group) is 1. The fraction of sp³-hybridized carbons (Fsp3) is 0.286. The summed E-state index contributed by atoms with van der Waals surface area (Å²) >= 11 is 0. The third-order valence-electron chi connectivity index (χ3n) is 2.70. The van der Waals surface area contributed by atoms with E-state index in [1.807, 2.05) is 49.3 Å². The molecule has 1 amide bonds. The molecule has 2 N–H and O–H groups in total. The van der Waals surface area contributed by atoms with Crippen LogP contribution in [0.5, 0.6) is 0 Å². The van der Waals surface area contributed by atoms with E-state index in [9.17, 15) is 4.79 Å². The molecule has 4 nitrogen and oxygen atoms in total. The van der Waals surface area contributed by atoms with E-state index in [0.717, 1.165) is 23.1 Å². The number of H-pyrrole nitrogens is 1. The van der Waals surface area contributed by atoms with E-state index in [1.54, 1.807) is 6.42 Å². The summed E-state index contributed by atoms with van der Waals surface area (Å²) in [5, 5.41) is 3.97. The molecule has 2 rings (SSSR count). The van der Waals surface area contributed by atoms with Crippen molar-refractivity contribution in [2.75, 3.05) is 27.2 Å². The molecule has 0 saturated heterocycles. The maximum Gasteiger partial charge on any atom is 0.230 e. The highest BCUT2D eigenvalue weighted by Crippen LogP contribution is 2.15. The first-order valence-electron chi connectivity index (χ1n) is 6.00. The van der Waals surface area contributed by atoms with Crippen molar-refractivity contribution in [3.63, 3.8) is 0 Å². The van der Waals surface area contributed by atoms with Gasteiger partial charge in [0.15, 0.2) is 0 Å². The molecule has 0 fully saturated rings. The molecule has 1 aromatic carbocycles. The van der Waals surface area contributed by atoms with Gasteiger partial charge in [-0.3, -0.25) is 4.79 Å². The summed E-state index contributed by atoms with van der Waals surface area (Å²) < 4.78 is 0. The van der Waals surface area contributed by atoms with E-state index in [-0.39, 0.29) is 5.91 Å². The smallest absolute Gasteiger partial charge is 0.230 e. The molecule has 4 heteroatoms. The Bertz CT molecular complexity index is 498. The Hall–Kier alpha value is -1.81. The number of aromatic amines is 1. The van der Waals surface area contributed by atoms with Gasteiger partial charge in [-0.05, 0) is 31.6 Å². The van der Waals surface area contributed by atoms with Crippen LogP contribution in [0.15, 0.2) is 30.3 Å². The van der Waals surface area contributed by atoms with Crippen LogP contribution in [0.4, 0.5) is 0 Å². The van der Waals surface area contributed by atoms with Crippen molar-refractivity contribution in [2.45, 2.75) is 0 Å². The summed E-state index contributed by atoms with van der Waals surface area (Å²) in [6.45, 7) is 1.49. The third-order valence-corrected chi connectivity index (χ3v) is 2.70. The lowest BCUT2D eigenvalue weighted by molar-refractivity contribution is -0.117. The lowest BCUT2D eigenvalue weighted by atomic mass is 10.2. The quantitative estimate of drug-likeness (QED) is 0.835. The number of amides is 1. The predicted octanol–water partition coefficient (Wildman–Crippen LogP) is 1.40. The van der Waals surface area contributed by atoms with Crippen LogP contribution in [-0.4, -0.2) is 43.0 Å². The second-order valence-corrected chi connectivity index (χ2v) is 4.55. The van der Waals surface area contributed by atoms with Crippen LogP contribution < -0.4 is 5.32 Å². The van der Waals surface area contributed by atoms with Gasteiger partial charge in [0, 0.05) is 24.3 Å². The summed E-state index contributed by atoms with van der Waals surface area (Å²) in [6.07, 6.45) is 1.59. The molecular weight excluding hydrogens is 226 g/mol. The van der Waals surface area contributed by atoms with Crippen molar-refractivity contribution < 1.29 is 4.79 Å². The summed E-state index contributed by atoms with van der Waals surface area (Å²) in [5.41, 5.74) is 1.88. The Balaban J connectivity index is 1.90. The number of aromatic nitrogens is 1. The first-order chi connectivity index (χ1) is 8.65. The maximum absolute atomic E-state index is 11.7. The molecule has 0 unspecified atom stereocenters. The normalized spacial score (nSPS) is 11.1. The molecule has 0 aliphatic carbocycles. The van der Waals surface area contributed by atoms with E-state index in [4.69, 9.17) is 0 Å². The van der Waals surface area contributed by atoms with E-state index in [2.05, 4.69) is 10.3 Å². The number of carbonyl (C=O) groups excluding carboxylic acids is 1. The topological polar surface area (TPSA) is 48.1 Å². The Morgan fingerprint density at radius 1 is 1.39 bits per heavy atom. The van der Waals surface area contributed by atoms with Crippen molar-refractivity contribution in [2.24, 2.45) is 0 Å². The first kappa shape index (κ1) is 12.6. The minimum atomic E-state index is -0.0663. The van der Waals surface area contributed by atoms with Crippen molar-refractivity contribution in [3.8, 4) is 0 Å². The molecule has 0 saturated carbocycles. The number of rotatable bonds is 5. The Morgan fingerprint density at radius 2 is 2.17 bits per heavy atom. The zero-order valence-corrected chi connectivity index (χ0v) is 10.7. The molecule has 0 spiro atoms. The van der Waals surface area contributed by atoms with Gasteiger partial charge in [-0.25, -0.2) is 0 Å². The minimum absolute atomic E-state index is 0.0663. The molecule has 1 heterocycles. The average Bonchev–Trinajstić information content (AvgIpc) is 2.70. The number of para-hydroxylation sites is 1. The van der Waals surface area contributed by atoms with Crippen LogP contribution in [0.25, 0.3) is 10.9 Å². The van der Waals surface area contributed by atoms with Gasteiger partial charge in [0.2, 0.25) is 5.91 Å². The highest BCUT2D eigenvalue weighted by molar-refractivity contribution is 5.90. The van der Waals surface area contributed by atoms with Gasteiger partial charge in [-0.15, -0.1) is 0 Å². The lowest BCUT2D eigenvalue weighted by Gasteiger charge is -2.09. The van der Waals surface area contributed by atoms with Crippen molar-refractivity contribution in [3.05, 3.63) is 42.4 Å². The van der Waals surface area contributed by atoms with E-state index in [0.29, 0.717) is 6.54 Å². The molecular formula is C14H18N3O. The Kier molecular flexibility index (Phi) is 3.99. The minimum Gasteiger partial charge on any atom is -0.358 e. The highest BCUT2D eigenvalue weighted by atomic mass is 16.1. The van der Waals surface area contributed by atoms with Crippen LogP contribution in [0.1, 0.15) is 5.69 Å². The summed E-state index contributed by atoms with van der Waals surface area (Å²) in [5.74, 6) is -0.0663. The van der Waals surface area contributed by atoms with Gasteiger partial charge in [0.1, 0.15) is 0 Å². The molecule has 2 aromatic rings. The molecule has 0 bridgehead atoms. The van der Waals surface area contributed by atoms with Crippen molar-refractivity contribution in [1.29, 1.82) is 0 Å². The first-order valence-corrected chi connectivity index (χ1v) is 6.00. The van der Waals surface area contributed by atoms with Crippen molar-refractivity contribution >= 4 is 16.8 Å². The fourth-order valence-electron chi connectivity index (χ4n) is 1.77. The second-order valence-electron chi connectivity index (χ2n) is 4.55. The standard InChI is InChI=1S/C14H18N3O/c1-17(2)8-7-15-14(18)10-12-9-11-5-3-4-6-13(11)16-12/h3-6,9-10,16H,7-8H2,1-2H3,(H,15,18). The number of nitrogens with zero attached hydrogens (tertiary/aromatic N) is 1. The highest BCUT2D eigenvalue weighted by Gasteiger charge is 2.06. The van der Waals surface area contributed by atoms with E-state index < -0.39 is 0 Å². The monoisotopic (exact) mass is 244 g/mol. The van der Waals surface area contributed by atoms with Crippen LogP contribution in [0.2, 0.25) is 0 Å². The predicted molar refractivity (Wildman–Crippen MR) is 73.3 cm³/mol. The van der Waals surface area contributed by atoms with Crippen LogP contribution >= 0.6 is 0 Å². The van der Waals surface area contributed by atoms with Gasteiger partial charge in [0.05, 0.1) is 6.42 Å². The zero-order valence-electron chi connectivity index (χ0n) is 10.7. The SMILES string of the molecule is CN(C)CCNC(=O)[CH]c1cc2ccccc2[nH]1. The van der Waals surface area contributed by atoms with E-state index >= 15 is 0 Å². The molecule has 1 radical (unpaired) electrons. The summed E-state index contributed by atoms with van der Waals surface area (Å²) in [4.78, 5) is 16.9. The van der Waals surface area contributed by atoms with Crippen LogP contribution in [0, 0.1) is 6.42 Å². The summed E-state index contributed by atoms with van der Waals surface area (Å²) in [6, 6.07) is 9.95. The fourth-order valence-corrected chi connectivity index (χ4v) is 1.77. The molecule has 0 aliphatic heterocycles. The molecule has 0 aliphatic rings. The van der Waals surface area contributed by atoms with Crippen molar-refractivity contribution in [1.82, 2.24) is 15.2 Å². The molecule has 18 heavy (non-hydrogen) atoms. The van der Waals surface area contributed by atoms with Gasteiger partial charge >= 0.3 is 0 Å². The number of carbonyl (C=O) groups is 1. The van der Waals surface area contributed by atoms with Gasteiger partial charge in [-0.2, -0.15) is 0 Å². The average molecular weight is 244 g/mol. The number of hydrogen-bond donors (Lipinski definition) is 2. The van der Waals surface area contributed by atoms with Gasteiger partial charge in [0.25, 0.3) is 0 Å². The second kappa shape index (κ2) is 5.69. The Labute approximate surface area is 107 Å². The third kappa shape index (κ3) is 3.34. The lowest BCUT2D eigenvalue weighted by Crippen LogP contribution is -2.31. The maximum atomic E-state index is 11.7. The number of benzene rings is 1. The molecule has 95 valence electrons. The largest absolute Gasteiger partial charge is 0.358 e. The van der Waals surface area contributed by atoms with Gasteiger partial charge in [-0.1, -0.05) is 18.2 Å². The van der Waals surface area contributed by atoms with Crippen LogP contribution in [-0.2, 0) is 4.79 Å². The number of hydrogen-bond acceptors (Lipinski definition) is 2. The number of nitrogens with one attached hydrogen (secondary N) is 2.